The Labute approximate surface area is 129 Å². The Morgan fingerprint density at radius 3 is 2.55 bits per heavy atom. The summed E-state index contributed by atoms with van der Waals surface area (Å²) in [5.74, 6) is -0.0824. The molecule has 1 aliphatic rings. The quantitative estimate of drug-likeness (QED) is 0.943. The Bertz CT molecular complexity index is 680. The van der Waals surface area contributed by atoms with Gasteiger partial charge in [-0.05, 0) is 23.6 Å². The maximum Gasteiger partial charge on any atom is 0.294 e. The first-order valence-electron chi connectivity index (χ1n) is 7.21. The molecule has 0 aliphatic carbocycles. The van der Waals surface area contributed by atoms with Gasteiger partial charge in [0.25, 0.3) is 5.91 Å². The Hall–Kier alpha value is -2.75. The molecule has 1 N–H and O–H groups in total. The highest BCUT2D eigenvalue weighted by atomic mass is 16.6. The number of nitrogens with one attached hydrogen (secondary N) is 1. The summed E-state index contributed by atoms with van der Waals surface area (Å²) in [6.07, 6.45) is 2.12. The zero-order valence-electron chi connectivity index (χ0n) is 12.1. The van der Waals surface area contributed by atoms with Crippen molar-refractivity contribution in [3.05, 3.63) is 77.7 Å². The van der Waals surface area contributed by atoms with E-state index in [1.807, 2.05) is 42.5 Å². The van der Waals surface area contributed by atoms with Crippen molar-refractivity contribution in [3.8, 4) is 0 Å². The number of para-hydroxylation sites is 1. The third-order valence-electron chi connectivity index (χ3n) is 3.38. The number of carbonyl (C=O) groups is 1. The maximum atomic E-state index is 12.2. The summed E-state index contributed by atoms with van der Waals surface area (Å²) >= 11 is 0. The van der Waals surface area contributed by atoms with Crippen LogP contribution in [-0.4, -0.2) is 19.1 Å². The number of hydrogen-bond acceptors (Lipinski definition) is 3. The van der Waals surface area contributed by atoms with Gasteiger partial charge in [0.15, 0.2) is 0 Å². The normalized spacial score (nSPS) is 13.5. The van der Waals surface area contributed by atoms with Gasteiger partial charge in [-0.2, -0.15) is 0 Å². The number of ether oxygens (including phenoxy) is 2. The van der Waals surface area contributed by atoms with Gasteiger partial charge in [0.2, 0.25) is 5.76 Å². The molecule has 4 heteroatoms. The molecule has 2 aromatic carbocycles. The molecule has 0 saturated heterocycles. The molecule has 22 heavy (non-hydrogen) atoms. The first kappa shape index (κ1) is 14.2. The molecule has 1 amide bonds. The summed E-state index contributed by atoms with van der Waals surface area (Å²) in [6, 6.07) is 17.9. The minimum Gasteiger partial charge on any atom is -0.494 e. The smallest absolute Gasteiger partial charge is 0.294 e. The van der Waals surface area contributed by atoms with Crippen molar-refractivity contribution < 1.29 is 14.3 Å². The fraction of sp³-hybridized carbons (Fsp3) is 0.167. The first-order chi connectivity index (χ1) is 10.8. The molecular weight excluding hydrogens is 278 g/mol. The topological polar surface area (TPSA) is 47.6 Å². The fourth-order valence-electron chi connectivity index (χ4n) is 2.28. The highest BCUT2D eigenvalue weighted by molar-refractivity contribution is 6.02. The predicted molar refractivity (Wildman–Crippen MR) is 84.3 cm³/mol. The highest BCUT2D eigenvalue weighted by Crippen LogP contribution is 2.20. The lowest BCUT2D eigenvalue weighted by molar-refractivity contribution is -0.117. The summed E-state index contributed by atoms with van der Waals surface area (Å²) in [6.45, 7) is 0.867. The van der Waals surface area contributed by atoms with Crippen LogP contribution in [0.15, 0.2) is 66.6 Å². The van der Waals surface area contributed by atoms with Crippen molar-refractivity contribution in [2.24, 2.45) is 0 Å². The number of benzene rings is 2. The average Bonchev–Trinajstić information content (AvgIpc) is 2.58. The van der Waals surface area contributed by atoms with Crippen LogP contribution < -0.4 is 5.32 Å². The van der Waals surface area contributed by atoms with Crippen molar-refractivity contribution in [3.63, 3.8) is 0 Å². The van der Waals surface area contributed by atoms with Crippen LogP contribution in [0.2, 0.25) is 0 Å². The minimum atomic E-state index is -0.291. The lowest BCUT2D eigenvalue weighted by atomic mass is 10.0. The van der Waals surface area contributed by atoms with Crippen LogP contribution in [0.1, 0.15) is 11.1 Å². The Morgan fingerprint density at radius 1 is 1.00 bits per heavy atom. The van der Waals surface area contributed by atoms with E-state index in [9.17, 15) is 4.79 Å². The van der Waals surface area contributed by atoms with E-state index >= 15 is 0 Å². The number of hydrogen-bond donors (Lipinski definition) is 1. The number of rotatable bonds is 4. The van der Waals surface area contributed by atoms with Crippen LogP contribution in [0.3, 0.4) is 0 Å². The third kappa shape index (κ3) is 3.47. The van der Waals surface area contributed by atoms with Crippen molar-refractivity contribution in [2.75, 3.05) is 18.5 Å². The van der Waals surface area contributed by atoms with Gasteiger partial charge in [0, 0.05) is 5.69 Å². The Balaban J connectivity index is 1.76. The standard InChI is InChI=1S/C18H17NO3/c20-18(17-13-21-10-11-22-17)19-16-9-5-4-8-15(16)12-14-6-2-1-3-7-14/h1-9,13H,10-12H2,(H,19,20). The number of amides is 1. The van der Waals surface area contributed by atoms with Gasteiger partial charge < -0.3 is 14.8 Å². The van der Waals surface area contributed by atoms with Crippen molar-refractivity contribution in [1.82, 2.24) is 0 Å². The van der Waals surface area contributed by atoms with Gasteiger partial charge in [0.05, 0.1) is 0 Å². The maximum absolute atomic E-state index is 12.2. The molecular formula is C18H17NO3. The molecule has 0 fully saturated rings. The van der Waals surface area contributed by atoms with E-state index in [0.717, 1.165) is 17.7 Å². The molecule has 2 aromatic rings. The summed E-state index contributed by atoms with van der Waals surface area (Å²) in [4.78, 5) is 12.2. The van der Waals surface area contributed by atoms with Gasteiger partial charge >= 0.3 is 0 Å². The van der Waals surface area contributed by atoms with E-state index in [1.54, 1.807) is 0 Å². The van der Waals surface area contributed by atoms with Crippen molar-refractivity contribution in [2.45, 2.75) is 6.42 Å². The zero-order chi connectivity index (χ0) is 15.2. The highest BCUT2D eigenvalue weighted by Gasteiger charge is 2.16. The Morgan fingerprint density at radius 2 is 1.77 bits per heavy atom. The summed E-state index contributed by atoms with van der Waals surface area (Å²) in [7, 11) is 0. The van der Waals surface area contributed by atoms with Crippen molar-refractivity contribution in [1.29, 1.82) is 0 Å². The fourth-order valence-corrected chi connectivity index (χ4v) is 2.28. The molecule has 0 spiro atoms. The molecule has 3 rings (SSSR count). The van der Waals surface area contributed by atoms with Gasteiger partial charge in [-0.3, -0.25) is 4.79 Å². The van der Waals surface area contributed by atoms with E-state index in [0.29, 0.717) is 13.2 Å². The summed E-state index contributed by atoms with van der Waals surface area (Å²) < 4.78 is 10.4. The van der Waals surface area contributed by atoms with Crippen LogP contribution in [-0.2, 0) is 20.7 Å². The molecule has 0 bridgehead atoms. The number of anilines is 1. The zero-order valence-corrected chi connectivity index (χ0v) is 12.1. The molecule has 1 aliphatic heterocycles. The lowest BCUT2D eigenvalue weighted by Crippen LogP contribution is -2.21. The second-order valence-electron chi connectivity index (χ2n) is 4.98. The van der Waals surface area contributed by atoms with Crippen LogP contribution in [0.4, 0.5) is 5.69 Å². The van der Waals surface area contributed by atoms with E-state index in [1.165, 1.54) is 11.8 Å². The van der Waals surface area contributed by atoms with Gasteiger partial charge in [0.1, 0.15) is 19.5 Å². The van der Waals surface area contributed by atoms with Crippen LogP contribution >= 0.6 is 0 Å². The molecule has 1 heterocycles. The minimum absolute atomic E-state index is 0.209. The molecule has 0 radical (unpaired) electrons. The Kier molecular flexibility index (Phi) is 4.39. The molecule has 0 atom stereocenters. The molecule has 0 unspecified atom stereocenters. The molecule has 0 aromatic heterocycles. The van der Waals surface area contributed by atoms with Gasteiger partial charge in [-0.15, -0.1) is 0 Å². The SMILES string of the molecule is O=C(Nc1ccccc1Cc1ccccc1)C1=COCCO1. The van der Waals surface area contributed by atoms with E-state index in [-0.39, 0.29) is 11.7 Å². The largest absolute Gasteiger partial charge is 0.494 e. The van der Waals surface area contributed by atoms with E-state index in [2.05, 4.69) is 17.4 Å². The predicted octanol–water partition coefficient (Wildman–Crippen LogP) is 3.10. The lowest BCUT2D eigenvalue weighted by Gasteiger charge is -2.16. The van der Waals surface area contributed by atoms with Crippen LogP contribution in [0.25, 0.3) is 0 Å². The van der Waals surface area contributed by atoms with Gasteiger partial charge in [-0.1, -0.05) is 48.5 Å². The molecule has 112 valence electrons. The summed E-state index contributed by atoms with van der Waals surface area (Å²) in [5, 5.41) is 2.89. The van der Waals surface area contributed by atoms with Crippen LogP contribution in [0, 0.1) is 0 Å². The monoisotopic (exact) mass is 295 g/mol. The molecule has 4 nitrogen and oxygen atoms in total. The van der Waals surface area contributed by atoms with E-state index in [4.69, 9.17) is 9.47 Å². The number of carbonyl (C=O) groups excluding carboxylic acids is 1. The second kappa shape index (κ2) is 6.80. The van der Waals surface area contributed by atoms with Gasteiger partial charge in [-0.25, -0.2) is 0 Å². The summed E-state index contributed by atoms with van der Waals surface area (Å²) in [5.41, 5.74) is 3.03. The van der Waals surface area contributed by atoms with Crippen LogP contribution in [0.5, 0.6) is 0 Å². The molecule has 0 saturated carbocycles. The van der Waals surface area contributed by atoms with Crippen molar-refractivity contribution >= 4 is 11.6 Å². The second-order valence-corrected chi connectivity index (χ2v) is 4.98. The van der Waals surface area contributed by atoms with E-state index < -0.39 is 0 Å². The average molecular weight is 295 g/mol. The third-order valence-corrected chi connectivity index (χ3v) is 3.38. The first-order valence-corrected chi connectivity index (χ1v) is 7.21.